The molecule has 4 nitrogen and oxygen atoms in total. The number of benzene rings is 1. The Bertz CT molecular complexity index is 435. The fourth-order valence-corrected chi connectivity index (χ4v) is 2.65. The van der Waals surface area contributed by atoms with Gasteiger partial charge in [0, 0.05) is 40.3 Å². The smallest absolute Gasteiger partial charge is 0.315 e. The number of nitrogens with one attached hydrogen (secondary N) is 2. The van der Waals surface area contributed by atoms with Crippen molar-refractivity contribution in [2.45, 2.75) is 24.4 Å². The molecule has 1 aromatic carbocycles. The van der Waals surface area contributed by atoms with E-state index >= 15 is 0 Å². The molecule has 0 aromatic heterocycles. The van der Waals surface area contributed by atoms with E-state index in [1.54, 1.807) is 18.0 Å². The lowest BCUT2D eigenvalue weighted by Gasteiger charge is -2.13. The van der Waals surface area contributed by atoms with Crippen LogP contribution < -0.4 is 10.6 Å². The van der Waals surface area contributed by atoms with Crippen LogP contribution in [-0.2, 0) is 17.3 Å². The summed E-state index contributed by atoms with van der Waals surface area (Å²) in [4.78, 5) is 12.4. The number of thioether (sulfide) groups is 1. The molecule has 2 N–H and O–H groups in total. The van der Waals surface area contributed by atoms with Crippen LogP contribution in [0.25, 0.3) is 0 Å². The zero-order valence-electron chi connectivity index (χ0n) is 11.4. The molecule has 0 bridgehead atoms. The molecule has 106 valence electrons. The lowest BCUT2D eigenvalue weighted by Crippen LogP contribution is -2.41. The maximum atomic E-state index is 11.6. The van der Waals surface area contributed by atoms with Gasteiger partial charge >= 0.3 is 6.03 Å². The third-order valence-electron chi connectivity index (χ3n) is 2.50. The SMILES string of the molecule is CSC[C@H](C)NC(=O)NCc1ccc([S@](C)=O)cc1. The highest BCUT2D eigenvalue weighted by molar-refractivity contribution is 7.98. The van der Waals surface area contributed by atoms with E-state index in [1.807, 2.05) is 37.4 Å². The van der Waals surface area contributed by atoms with E-state index in [1.165, 1.54) is 0 Å². The molecule has 0 spiro atoms. The quantitative estimate of drug-likeness (QED) is 0.844. The van der Waals surface area contributed by atoms with E-state index in [4.69, 9.17) is 0 Å². The maximum absolute atomic E-state index is 11.6. The molecule has 0 saturated carbocycles. The molecule has 0 unspecified atom stereocenters. The third-order valence-corrected chi connectivity index (χ3v) is 4.27. The first-order valence-electron chi connectivity index (χ1n) is 5.98. The van der Waals surface area contributed by atoms with Gasteiger partial charge < -0.3 is 10.6 Å². The summed E-state index contributed by atoms with van der Waals surface area (Å²) in [5.41, 5.74) is 0.988. The van der Waals surface area contributed by atoms with E-state index in [0.29, 0.717) is 6.54 Å². The summed E-state index contributed by atoms with van der Waals surface area (Å²) < 4.78 is 11.2. The molecule has 0 radical (unpaired) electrons. The first kappa shape index (κ1) is 16.0. The van der Waals surface area contributed by atoms with Gasteiger partial charge in [0.15, 0.2) is 0 Å². The summed E-state index contributed by atoms with van der Waals surface area (Å²) in [5.74, 6) is 0.893. The Kier molecular flexibility index (Phi) is 6.94. The summed E-state index contributed by atoms with van der Waals surface area (Å²) in [5, 5.41) is 5.66. The van der Waals surface area contributed by atoms with Gasteiger partial charge in [0.1, 0.15) is 0 Å². The number of rotatable bonds is 6. The Hall–Kier alpha value is -1.01. The highest BCUT2D eigenvalue weighted by atomic mass is 32.2. The zero-order chi connectivity index (χ0) is 14.3. The van der Waals surface area contributed by atoms with E-state index < -0.39 is 10.8 Å². The average Bonchev–Trinajstić information content (AvgIpc) is 2.37. The minimum atomic E-state index is -0.962. The Morgan fingerprint density at radius 2 is 2.00 bits per heavy atom. The molecule has 2 atom stereocenters. The second kappa shape index (κ2) is 8.22. The van der Waals surface area contributed by atoms with E-state index in [9.17, 15) is 9.00 Å². The lowest BCUT2D eigenvalue weighted by molar-refractivity contribution is 0.238. The van der Waals surface area contributed by atoms with Gasteiger partial charge in [-0.2, -0.15) is 11.8 Å². The summed E-state index contributed by atoms with van der Waals surface area (Å²) in [6, 6.07) is 7.39. The van der Waals surface area contributed by atoms with E-state index in [2.05, 4.69) is 10.6 Å². The molecule has 0 aliphatic rings. The van der Waals surface area contributed by atoms with Crippen LogP contribution in [-0.4, -0.2) is 34.5 Å². The third kappa shape index (κ3) is 6.11. The highest BCUT2D eigenvalue weighted by Crippen LogP contribution is 2.07. The van der Waals surface area contributed by atoms with Gasteiger partial charge in [0.05, 0.1) is 0 Å². The van der Waals surface area contributed by atoms with Gasteiger partial charge in [-0.05, 0) is 30.9 Å². The topological polar surface area (TPSA) is 58.2 Å². The molecule has 0 aliphatic heterocycles. The van der Waals surface area contributed by atoms with Crippen LogP contribution in [0.3, 0.4) is 0 Å². The van der Waals surface area contributed by atoms with E-state index in [0.717, 1.165) is 16.2 Å². The van der Waals surface area contributed by atoms with Crippen molar-refractivity contribution >= 4 is 28.6 Å². The summed E-state index contributed by atoms with van der Waals surface area (Å²) in [7, 11) is -0.962. The molecule has 19 heavy (non-hydrogen) atoms. The van der Waals surface area contributed by atoms with Crippen molar-refractivity contribution in [1.82, 2.24) is 10.6 Å². The van der Waals surface area contributed by atoms with Gasteiger partial charge in [0.25, 0.3) is 0 Å². The van der Waals surface area contributed by atoms with Crippen LogP contribution in [0.1, 0.15) is 12.5 Å². The van der Waals surface area contributed by atoms with Gasteiger partial charge in [-0.25, -0.2) is 4.79 Å². The highest BCUT2D eigenvalue weighted by Gasteiger charge is 2.06. The van der Waals surface area contributed by atoms with Crippen molar-refractivity contribution in [1.29, 1.82) is 0 Å². The number of amides is 2. The molecule has 1 aromatic rings. The summed E-state index contributed by atoms with van der Waals surface area (Å²) in [6.07, 6.45) is 3.66. The minimum absolute atomic E-state index is 0.153. The van der Waals surface area contributed by atoms with Crippen LogP contribution in [0.5, 0.6) is 0 Å². The fraction of sp³-hybridized carbons (Fsp3) is 0.462. The molecule has 1 rings (SSSR count). The Labute approximate surface area is 121 Å². The van der Waals surface area contributed by atoms with Crippen molar-refractivity contribution in [3.63, 3.8) is 0 Å². The summed E-state index contributed by atoms with van der Waals surface area (Å²) >= 11 is 1.70. The molecule has 6 heteroatoms. The standard InChI is InChI=1S/C13H20N2O2S2/c1-10(9-18-2)15-13(16)14-8-11-4-6-12(7-5-11)19(3)17/h4-7,10H,8-9H2,1-3H3,(H2,14,15,16)/t10-,19-/m0/s1. The zero-order valence-corrected chi connectivity index (χ0v) is 13.1. The van der Waals surface area contributed by atoms with Crippen LogP contribution in [0.2, 0.25) is 0 Å². The Morgan fingerprint density at radius 1 is 1.37 bits per heavy atom. The van der Waals surface area contributed by atoms with Crippen molar-refractivity contribution in [3.05, 3.63) is 29.8 Å². The van der Waals surface area contributed by atoms with Crippen LogP contribution in [0.4, 0.5) is 4.79 Å². The van der Waals surface area contributed by atoms with Gasteiger partial charge in [-0.3, -0.25) is 4.21 Å². The number of hydrogen-bond acceptors (Lipinski definition) is 3. The molecule has 0 saturated heterocycles. The summed E-state index contributed by atoms with van der Waals surface area (Å²) in [6.45, 7) is 2.44. The van der Waals surface area contributed by atoms with Gasteiger partial charge in [0.2, 0.25) is 0 Å². The lowest BCUT2D eigenvalue weighted by atomic mass is 10.2. The van der Waals surface area contributed by atoms with Crippen molar-refractivity contribution < 1.29 is 9.00 Å². The molecule has 0 aliphatic carbocycles. The van der Waals surface area contributed by atoms with Crippen LogP contribution >= 0.6 is 11.8 Å². The second-order valence-corrected chi connectivity index (χ2v) is 6.57. The molecular weight excluding hydrogens is 280 g/mol. The predicted molar refractivity (Wildman–Crippen MR) is 82.0 cm³/mol. The Balaban J connectivity index is 2.39. The van der Waals surface area contributed by atoms with Crippen molar-refractivity contribution in [2.24, 2.45) is 0 Å². The molecule has 0 heterocycles. The van der Waals surface area contributed by atoms with Crippen molar-refractivity contribution in [2.75, 3.05) is 18.3 Å². The van der Waals surface area contributed by atoms with Gasteiger partial charge in [-0.1, -0.05) is 12.1 Å². The first-order chi connectivity index (χ1) is 9.02. The normalized spacial score (nSPS) is 13.6. The van der Waals surface area contributed by atoms with Gasteiger partial charge in [-0.15, -0.1) is 0 Å². The fourth-order valence-electron chi connectivity index (χ4n) is 1.55. The second-order valence-electron chi connectivity index (χ2n) is 4.28. The largest absolute Gasteiger partial charge is 0.335 e. The van der Waals surface area contributed by atoms with Crippen LogP contribution in [0.15, 0.2) is 29.2 Å². The van der Waals surface area contributed by atoms with Crippen LogP contribution in [0, 0.1) is 0 Å². The number of urea groups is 1. The molecular formula is C13H20N2O2S2. The monoisotopic (exact) mass is 300 g/mol. The van der Waals surface area contributed by atoms with E-state index in [-0.39, 0.29) is 12.1 Å². The molecule has 0 fully saturated rings. The van der Waals surface area contributed by atoms with Crippen molar-refractivity contribution in [3.8, 4) is 0 Å². The predicted octanol–water partition coefficient (Wildman–Crippen LogP) is 1.97. The number of carbonyl (C=O) groups is 1. The number of carbonyl (C=O) groups excluding carboxylic acids is 1. The first-order valence-corrected chi connectivity index (χ1v) is 8.93. The molecule has 2 amide bonds. The number of hydrogen-bond donors (Lipinski definition) is 2. The Morgan fingerprint density at radius 3 is 2.53 bits per heavy atom. The average molecular weight is 300 g/mol. The minimum Gasteiger partial charge on any atom is -0.335 e. The maximum Gasteiger partial charge on any atom is 0.315 e.